The van der Waals surface area contributed by atoms with E-state index in [1.165, 1.54) is 64.4 Å². The Kier molecular flexibility index (Phi) is 13.9. The Hall–Kier alpha value is -9.34. The molecule has 0 saturated carbocycles. The molecule has 22 nitrogen and oxygen atoms in total. The fourth-order valence-corrected chi connectivity index (χ4v) is 8.43. The van der Waals surface area contributed by atoms with E-state index < -0.39 is 23.4 Å². The average Bonchev–Trinajstić information content (AvgIpc) is 4.25. The summed E-state index contributed by atoms with van der Waals surface area (Å²) in [5.74, 6) is -0.655. The monoisotopic (exact) mass is 962 g/mol. The van der Waals surface area contributed by atoms with Crippen LogP contribution in [0.3, 0.4) is 0 Å². The van der Waals surface area contributed by atoms with Crippen molar-refractivity contribution in [1.82, 2.24) is 59.1 Å². The molecule has 6 aromatic heterocycles. The Balaban J connectivity index is 0.000000188. The second kappa shape index (κ2) is 20.5. The number of ketones is 2. The second-order valence-corrected chi connectivity index (χ2v) is 16.1. The van der Waals surface area contributed by atoms with Crippen molar-refractivity contribution in [3.63, 3.8) is 0 Å². The highest BCUT2D eigenvalue weighted by Gasteiger charge is 2.33. The summed E-state index contributed by atoms with van der Waals surface area (Å²) in [4.78, 5) is 99.2. The van der Waals surface area contributed by atoms with Crippen LogP contribution < -0.4 is 20.9 Å². The summed E-state index contributed by atoms with van der Waals surface area (Å²) in [5.41, 5.74) is 14.2. The molecule has 0 atom stereocenters. The molecule has 8 heterocycles. The molecule has 2 aliphatic rings. The minimum atomic E-state index is -0.678. The number of nitrogens with one attached hydrogen (secondary N) is 2. The van der Waals surface area contributed by atoms with Gasteiger partial charge in [0.1, 0.15) is 23.1 Å². The Morgan fingerprint density at radius 3 is 1.42 bits per heavy atom. The highest BCUT2D eigenvalue weighted by molar-refractivity contribution is 6.46. The maximum Gasteiger partial charge on any atom is 0.295 e. The number of nitrogen functional groups attached to an aromatic ring is 2. The molecule has 8 aromatic rings. The summed E-state index contributed by atoms with van der Waals surface area (Å²) in [5, 5.41) is 9.20. The Morgan fingerprint density at radius 2 is 1.01 bits per heavy atom. The number of hydrogen-bond donors (Lipinski definition) is 4. The van der Waals surface area contributed by atoms with Crippen molar-refractivity contribution < 1.29 is 38.2 Å². The van der Waals surface area contributed by atoms with Crippen LogP contribution in [0, 0.1) is 0 Å². The SMILES string of the molecule is C.COc1cnc(-n2ccc(N)n2)c2[nH]cc(C(=O)C(=O)N3CCN(C(=O)c4ccccc4)CC3)c12.COc1cnc(-n2nccc2N)c2[nH]cc(C(=O)C(=O)N3CCN(C(=O)c4ccccc4)CC3)c12. The molecule has 0 radical (unpaired) electrons. The van der Waals surface area contributed by atoms with E-state index >= 15 is 0 Å². The Morgan fingerprint density at radius 1 is 0.577 bits per heavy atom. The normalized spacial score (nSPS) is 13.5. The Bertz CT molecular complexity index is 3270. The third kappa shape index (κ3) is 9.32. The number of pyridine rings is 2. The lowest BCUT2D eigenvalue weighted by atomic mass is 10.1. The summed E-state index contributed by atoms with van der Waals surface area (Å²) in [6.07, 6.45) is 9.05. The van der Waals surface area contributed by atoms with Gasteiger partial charge >= 0.3 is 0 Å². The number of rotatable bonds is 10. The molecule has 6 N–H and O–H groups in total. The molecule has 0 aliphatic carbocycles. The van der Waals surface area contributed by atoms with Gasteiger partial charge in [-0.15, -0.1) is 5.10 Å². The van der Waals surface area contributed by atoms with Gasteiger partial charge in [0.05, 0.1) is 65.7 Å². The number of fused-ring (bicyclic) bond motifs is 2. The number of carbonyl (C=O) groups excluding carboxylic acids is 6. The first-order valence-corrected chi connectivity index (χ1v) is 22.0. The molecule has 71 heavy (non-hydrogen) atoms. The number of piperazine rings is 2. The molecule has 0 unspecified atom stereocenters. The fourth-order valence-electron chi connectivity index (χ4n) is 8.43. The van der Waals surface area contributed by atoms with E-state index in [9.17, 15) is 28.8 Å². The first-order valence-electron chi connectivity index (χ1n) is 22.0. The maximum atomic E-state index is 13.3. The van der Waals surface area contributed by atoms with Crippen molar-refractivity contribution in [2.24, 2.45) is 0 Å². The van der Waals surface area contributed by atoms with Crippen LogP contribution in [0.4, 0.5) is 11.6 Å². The minimum absolute atomic E-state index is 0. The molecule has 22 heteroatoms. The zero-order valence-electron chi connectivity index (χ0n) is 37.9. The molecule has 4 amide bonds. The molecule has 2 saturated heterocycles. The number of H-pyrrole nitrogens is 2. The number of hydrogen-bond acceptors (Lipinski definition) is 14. The van der Waals surface area contributed by atoms with Crippen LogP contribution in [0.1, 0.15) is 48.9 Å². The van der Waals surface area contributed by atoms with Crippen LogP contribution >= 0.6 is 0 Å². The lowest BCUT2D eigenvalue weighted by molar-refractivity contribution is -0.128. The van der Waals surface area contributed by atoms with E-state index in [0.29, 0.717) is 93.9 Å². The highest BCUT2D eigenvalue weighted by Crippen LogP contribution is 2.34. The first kappa shape index (κ1) is 48.1. The third-order valence-corrected chi connectivity index (χ3v) is 12.1. The molecule has 2 fully saturated rings. The zero-order valence-corrected chi connectivity index (χ0v) is 37.9. The molecule has 364 valence electrons. The standard InChI is InChI=1S/2C24H23N7O4.CH4/c1-35-17-14-27-22(31-8-7-18(25)28-31)20-19(17)16(13-26-20)21(32)24(34)30-11-9-29(10-12-30)23(33)15-5-3-2-4-6-15;1-35-17-14-27-22(31-18(25)7-8-28-31)20-19(17)16(13-26-20)21(32)24(34)30-11-9-29(10-12-30)23(33)15-5-3-2-4-6-15;/h2-8,13-14,26H,9-12H2,1H3,(H2,25,28);2-8,13-14,26H,9-12,25H2,1H3;1H4. The van der Waals surface area contributed by atoms with Crippen LogP contribution in [0.2, 0.25) is 0 Å². The van der Waals surface area contributed by atoms with Gasteiger partial charge in [-0.1, -0.05) is 43.8 Å². The maximum absolute atomic E-state index is 13.3. The predicted octanol–water partition coefficient (Wildman–Crippen LogP) is 3.65. The largest absolute Gasteiger partial charge is 0.494 e. The molecular formula is C49H50N14O8. The van der Waals surface area contributed by atoms with Crippen molar-refractivity contribution in [1.29, 1.82) is 0 Å². The summed E-state index contributed by atoms with van der Waals surface area (Å²) in [6.45, 7) is 2.44. The van der Waals surface area contributed by atoms with Gasteiger partial charge in [-0.25, -0.2) is 14.6 Å². The number of nitrogens with zero attached hydrogens (tertiary/aromatic N) is 10. The van der Waals surface area contributed by atoms with E-state index in [4.69, 9.17) is 20.9 Å². The van der Waals surface area contributed by atoms with Crippen molar-refractivity contribution in [3.05, 3.63) is 132 Å². The number of nitrogens with two attached hydrogens (primary N) is 2. The quantitative estimate of drug-likeness (QED) is 0.113. The fraction of sp³-hybridized carbons (Fsp3) is 0.224. The average molecular weight is 963 g/mol. The van der Waals surface area contributed by atoms with E-state index in [1.807, 2.05) is 36.4 Å². The Labute approximate surface area is 405 Å². The second-order valence-electron chi connectivity index (χ2n) is 16.1. The van der Waals surface area contributed by atoms with Crippen LogP contribution in [0.15, 0.2) is 110 Å². The number of carbonyl (C=O) groups is 6. The molecule has 10 rings (SSSR count). The number of benzene rings is 2. The lowest BCUT2D eigenvalue weighted by Crippen LogP contribution is -2.52. The van der Waals surface area contributed by atoms with E-state index in [0.717, 1.165) is 0 Å². The topological polar surface area (TPSA) is 279 Å². The van der Waals surface area contributed by atoms with Gasteiger partial charge in [0, 0.05) is 94.2 Å². The van der Waals surface area contributed by atoms with Crippen molar-refractivity contribution in [3.8, 4) is 23.1 Å². The third-order valence-electron chi connectivity index (χ3n) is 12.1. The molecule has 0 bridgehead atoms. The van der Waals surface area contributed by atoms with E-state index in [1.54, 1.807) is 52.4 Å². The first-order chi connectivity index (χ1) is 34.0. The van der Waals surface area contributed by atoms with E-state index in [-0.39, 0.29) is 56.5 Å². The van der Waals surface area contributed by atoms with Gasteiger partial charge in [-0.05, 0) is 24.3 Å². The van der Waals surface area contributed by atoms with Crippen LogP contribution in [-0.4, -0.2) is 161 Å². The number of amides is 4. The van der Waals surface area contributed by atoms with E-state index in [2.05, 4.69) is 30.1 Å². The molecule has 2 aliphatic heterocycles. The van der Waals surface area contributed by atoms with Gasteiger partial charge in [-0.3, -0.25) is 28.8 Å². The summed E-state index contributed by atoms with van der Waals surface area (Å²) in [7, 11) is 2.93. The van der Waals surface area contributed by atoms with Crippen molar-refractivity contribution >= 4 is 68.6 Å². The number of Topliss-reactive ketones (excluding diaryl/α,β-unsaturated/α-hetero) is 2. The van der Waals surface area contributed by atoms with Crippen LogP contribution in [0.5, 0.6) is 11.5 Å². The van der Waals surface area contributed by atoms with Crippen LogP contribution in [0.25, 0.3) is 33.4 Å². The minimum Gasteiger partial charge on any atom is -0.494 e. The van der Waals surface area contributed by atoms with Gasteiger partial charge in [0.2, 0.25) is 0 Å². The summed E-state index contributed by atoms with van der Waals surface area (Å²) >= 11 is 0. The van der Waals surface area contributed by atoms with Crippen molar-refractivity contribution in [2.75, 3.05) is 78.0 Å². The molecule has 2 aromatic carbocycles. The van der Waals surface area contributed by atoms with Gasteiger partial charge < -0.3 is 50.5 Å². The van der Waals surface area contributed by atoms with Crippen molar-refractivity contribution in [2.45, 2.75) is 7.43 Å². The number of ether oxygens (including phenoxy) is 2. The smallest absolute Gasteiger partial charge is 0.295 e. The summed E-state index contributed by atoms with van der Waals surface area (Å²) < 4.78 is 13.8. The number of anilines is 2. The van der Waals surface area contributed by atoms with Crippen LogP contribution in [-0.2, 0) is 9.59 Å². The number of aromatic nitrogens is 8. The molecular weight excluding hydrogens is 913 g/mol. The van der Waals surface area contributed by atoms with Gasteiger partial charge in [-0.2, -0.15) is 9.78 Å². The number of aromatic amines is 2. The molecule has 0 spiro atoms. The zero-order chi connectivity index (χ0) is 49.1. The predicted molar refractivity (Wildman–Crippen MR) is 262 cm³/mol. The summed E-state index contributed by atoms with van der Waals surface area (Å²) in [6, 6.07) is 21.2. The lowest BCUT2D eigenvalue weighted by Gasteiger charge is -2.34. The van der Waals surface area contributed by atoms with Gasteiger partial charge in [0.25, 0.3) is 35.2 Å². The number of methoxy groups -OCH3 is 2. The van der Waals surface area contributed by atoms with Gasteiger partial charge in [0.15, 0.2) is 11.6 Å². The highest BCUT2D eigenvalue weighted by atomic mass is 16.5.